The number of hydrogen-bond donors (Lipinski definition) is 3. The molecule has 0 aliphatic rings. The molecule has 2 aromatic rings. The van der Waals surface area contributed by atoms with E-state index in [1.54, 1.807) is 6.82 Å². The van der Waals surface area contributed by atoms with Crippen LogP contribution in [0.25, 0.3) is 11.1 Å². The van der Waals surface area contributed by atoms with Crippen molar-refractivity contribution < 1.29 is 5.02 Å². The third kappa shape index (κ3) is 5.57. The Morgan fingerprint density at radius 3 is 2.00 bits per heavy atom. The molecule has 0 aliphatic heterocycles. The van der Waals surface area contributed by atoms with E-state index in [9.17, 15) is 0 Å². The molecule has 0 unspecified atom stereocenters. The summed E-state index contributed by atoms with van der Waals surface area (Å²) < 4.78 is 0. The maximum Gasteiger partial charge on any atom is 0.387 e. The molecule has 0 radical (unpaired) electrons. The lowest BCUT2D eigenvalue weighted by atomic mass is 9.91. The smallest absolute Gasteiger partial charge is 0.387 e. The Labute approximate surface area is 122 Å². The van der Waals surface area contributed by atoms with Gasteiger partial charge in [-0.05, 0) is 23.5 Å². The van der Waals surface area contributed by atoms with Gasteiger partial charge >= 0.3 is 7.05 Å². The molecule has 2 rings (SSSR count). The van der Waals surface area contributed by atoms with E-state index in [0.29, 0.717) is 6.54 Å². The van der Waals surface area contributed by atoms with Crippen molar-refractivity contribution in [2.45, 2.75) is 27.2 Å². The summed E-state index contributed by atoms with van der Waals surface area (Å²) in [6.45, 7) is 6.35. The minimum Gasteiger partial charge on any atom is -0.437 e. The highest BCUT2D eigenvalue weighted by atomic mass is 16.2. The first-order chi connectivity index (χ1) is 9.75. The second kappa shape index (κ2) is 9.31. The Morgan fingerprint density at radius 2 is 1.45 bits per heavy atom. The van der Waals surface area contributed by atoms with Crippen molar-refractivity contribution in [1.29, 1.82) is 0 Å². The minimum atomic E-state index is -0.548. The molecule has 0 aromatic heterocycles. The molecule has 20 heavy (non-hydrogen) atoms. The van der Waals surface area contributed by atoms with Crippen molar-refractivity contribution in [3.05, 3.63) is 60.2 Å². The fourth-order valence-corrected chi connectivity index (χ4v) is 1.75. The standard InChI is InChI=1S/C14H17BN2O.C2H6/c1-15(18)17-16-11-12-7-9-14(10-8-12)13-5-3-2-4-6-13;1-2/h2-10,16-18H,11H2,1H3;1-2H3. The average molecular weight is 270 g/mol. The number of benzene rings is 2. The van der Waals surface area contributed by atoms with Gasteiger partial charge < -0.3 is 5.02 Å². The molecule has 0 aliphatic carbocycles. The summed E-state index contributed by atoms with van der Waals surface area (Å²) in [5.41, 5.74) is 6.56. The van der Waals surface area contributed by atoms with Gasteiger partial charge in [0.05, 0.1) is 0 Å². The Hall–Kier alpha value is -1.62. The molecule has 0 bridgehead atoms. The normalized spacial score (nSPS) is 9.60. The van der Waals surface area contributed by atoms with E-state index in [0.717, 1.165) is 0 Å². The molecule has 0 saturated carbocycles. The average Bonchev–Trinajstić information content (AvgIpc) is 2.50. The Kier molecular flexibility index (Phi) is 7.66. The SMILES string of the molecule is CB(O)NNCc1ccc(-c2ccccc2)cc1.CC. The van der Waals surface area contributed by atoms with Crippen molar-refractivity contribution in [3.63, 3.8) is 0 Å². The fourth-order valence-electron chi connectivity index (χ4n) is 1.75. The van der Waals surface area contributed by atoms with E-state index in [-0.39, 0.29) is 0 Å². The predicted octanol–water partition coefficient (Wildman–Crippen LogP) is 3.08. The van der Waals surface area contributed by atoms with E-state index in [1.807, 2.05) is 32.0 Å². The van der Waals surface area contributed by atoms with E-state index in [1.165, 1.54) is 16.7 Å². The zero-order chi connectivity index (χ0) is 14.8. The van der Waals surface area contributed by atoms with Crippen LogP contribution >= 0.6 is 0 Å². The Morgan fingerprint density at radius 1 is 0.900 bits per heavy atom. The molecule has 0 amide bonds. The first kappa shape index (κ1) is 16.4. The van der Waals surface area contributed by atoms with Gasteiger partial charge in [-0.1, -0.05) is 68.4 Å². The fraction of sp³-hybridized carbons (Fsp3) is 0.250. The van der Waals surface area contributed by atoms with Crippen LogP contribution in [0.5, 0.6) is 0 Å². The van der Waals surface area contributed by atoms with Gasteiger partial charge in [0.25, 0.3) is 0 Å². The topological polar surface area (TPSA) is 44.3 Å². The van der Waals surface area contributed by atoms with Crippen LogP contribution in [0.3, 0.4) is 0 Å². The van der Waals surface area contributed by atoms with Crippen LogP contribution in [0.1, 0.15) is 19.4 Å². The van der Waals surface area contributed by atoms with Crippen molar-refractivity contribution >= 4 is 7.05 Å². The van der Waals surface area contributed by atoms with Crippen LogP contribution in [0.2, 0.25) is 6.82 Å². The maximum atomic E-state index is 9.05. The summed E-state index contributed by atoms with van der Waals surface area (Å²) in [7, 11) is -0.548. The van der Waals surface area contributed by atoms with Crippen molar-refractivity contribution in [3.8, 4) is 11.1 Å². The minimum absolute atomic E-state index is 0.548. The third-order valence-electron chi connectivity index (χ3n) is 2.66. The molecule has 4 heteroatoms. The molecule has 0 saturated heterocycles. The first-order valence-corrected chi connectivity index (χ1v) is 7.06. The molecule has 0 heterocycles. The number of hydrazine groups is 1. The van der Waals surface area contributed by atoms with Gasteiger partial charge in [-0.2, -0.15) is 0 Å². The van der Waals surface area contributed by atoms with Crippen LogP contribution in [-0.4, -0.2) is 12.1 Å². The molecule has 3 nitrogen and oxygen atoms in total. The number of nitrogens with one attached hydrogen (secondary N) is 2. The van der Waals surface area contributed by atoms with Crippen molar-refractivity contribution in [2.24, 2.45) is 0 Å². The van der Waals surface area contributed by atoms with E-state index >= 15 is 0 Å². The summed E-state index contributed by atoms with van der Waals surface area (Å²) in [4.78, 5) is 0. The highest BCUT2D eigenvalue weighted by Gasteiger charge is 2.00. The Balaban J connectivity index is 0.000000956. The first-order valence-electron chi connectivity index (χ1n) is 7.06. The van der Waals surface area contributed by atoms with E-state index in [2.05, 4.69) is 47.2 Å². The second-order valence-corrected chi connectivity index (χ2v) is 4.24. The van der Waals surface area contributed by atoms with Gasteiger partial charge in [0, 0.05) is 6.54 Å². The van der Waals surface area contributed by atoms with Gasteiger partial charge in [-0.3, -0.25) is 10.8 Å². The monoisotopic (exact) mass is 270 g/mol. The largest absolute Gasteiger partial charge is 0.437 e. The third-order valence-corrected chi connectivity index (χ3v) is 2.66. The van der Waals surface area contributed by atoms with Crippen LogP contribution in [0.15, 0.2) is 54.6 Å². The van der Waals surface area contributed by atoms with E-state index in [4.69, 9.17) is 5.02 Å². The van der Waals surface area contributed by atoms with Gasteiger partial charge in [-0.15, -0.1) is 0 Å². The second-order valence-electron chi connectivity index (χ2n) is 4.24. The summed E-state index contributed by atoms with van der Waals surface area (Å²) in [6.07, 6.45) is 0. The maximum absolute atomic E-state index is 9.05. The van der Waals surface area contributed by atoms with Crippen LogP contribution in [-0.2, 0) is 6.54 Å². The van der Waals surface area contributed by atoms with Crippen LogP contribution in [0, 0.1) is 0 Å². The van der Waals surface area contributed by atoms with Crippen LogP contribution < -0.4 is 10.8 Å². The van der Waals surface area contributed by atoms with Gasteiger partial charge in [0.15, 0.2) is 0 Å². The molecular weight excluding hydrogens is 247 g/mol. The summed E-state index contributed by atoms with van der Waals surface area (Å²) in [6, 6.07) is 18.7. The molecule has 0 spiro atoms. The molecule has 0 fully saturated rings. The predicted molar refractivity (Wildman–Crippen MR) is 87.0 cm³/mol. The lowest BCUT2D eigenvalue weighted by molar-refractivity contribution is 0.520. The lowest BCUT2D eigenvalue weighted by Gasteiger charge is -2.08. The molecule has 2 aromatic carbocycles. The zero-order valence-electron chi connectivity index (χ0n) is 12.4. The lowest BCUT2D eigenvalue weighted by Crippen LogP contribution is -2.41. The molecular formula is C16H23BN2O. The Bertz CT molecular complexity index is 472. The molecule has 3 N–H and O–H groups in total. The quantitative estimate of drug-likeness (QED) is 0.578. The van der Waals surface area contributed by atoms with E-state index < -0.39 is 7.05 Å². The highest BCUT2D eigenvalue weighted by molar-refractivity contribution is 6.45. The van der Waals surface area contributed by atoms with Gasteiger partial charge in [0.2, 0.25) is 0 Å². The number of hydrogen-bond acceptors (Lipinski definition) is 3. The van der Waals surface area contributed by atoms with Gasteiger partial charge in [-0.25, -0.2) is 0 Å². The van der Waals surface area contributed by atoms with Crippen molar-refractivity contribution in [1.82, 2.24) is 10.8 Å². The van der Waals surface area contributed by atoms with Gasteiger partial charge in [0.1, 0.15) is 0 Å². The highest BCUT2D eigenvalue weighted by Crippen LogP contribution is 2.18. The molecule has 106 valence electrons. The number of rotatable bonds is 5. The van der Waals surface area contributed by atoms with Crippen LogP contribution in [0.4, 0.5) is 0 Å². The zero-order valence-corrected chi connectivity index (χ0v) is 12.4. The summed E-state index contributed by atoms with van der Waals surface area (Å²) >= 11 is 0. The molecule has 0 atom stereocenters. The summed E-state index contributed by atoms with van der Waals surface area (Å²) in [5, 5.41) is 11.8. The van der Waals surface area contributed by atoms with Crippen molar-refractivity contribution in [2.75, 3.05) is 0 Å². The summed E-state index contributed by atoms with van der Waals surface area (Å²) in [5.74, 6) is 0.